The lowest BCUT2D eigenvalue weighted by Crippen LogP contribution is -2.35. The normalized spacial score (nSPS) is 33.0. The molecule has 0 aromatic carbocycles. The Morgan fingerprint density at radius 1 is 1.71 bits per heavy atom. The van der Waals surface area contributed by atoms with Crippen LogP contribution >= 0.6 is 12.6 Å². The molecule has 0 aromatic rings. The van der Waals surface area contributed by atoms with Gasteiger partial charge in [0.05, 0.1) is 6.61 Å². The lowest BCUT2D eigenvalue weighted by Gasteiger charge is -2.17. The lowest BCUT2D eigenvalue weighted by atomic mass is 10.5. The number of hydrogen-bond donors (Lipinski definition) is 1. The molecule has 0 aliphatic carbocycles. The third-order valence-corrected chi connectivity index (χ3v) is 1.20. The Hall–Kier alpha value is 0.270. The lowest BCUT2D eigenvalue weighted by molar-refractivity contribution is 0.0866. The summed E-state index contributed by atoms with van der Waals surface area (Å²) in [5.41, 5.74) is 0.00810. The summed E-state index contributed by atoms with van der Waals surface area (Å²) in [4.78, 5) is 0. The first kappa shape index (κ1) is 5.41. The van der Waals surface area contributed by atoms with Crippen LogP contribution in [0.1, 0.15) is 0 Å². The van der Waals surface area contributed by atoms with E-state index in [9.17, 15) is 0 Å². The standard InChI is InChI=1S/C4H8NOS/c7-4-3-5-1-2-6-4/h4-5H,1-3H2. The molecule has 0 amide bonds. The van der Waals surface area contributed by atoms with Crippen molar-refractivity contribution in [3.05, 3.63) is 0 Å². The van der Waals surface area contributed by atoms with E-state index in [1.165, 1.54) is 0 Å². The fraction of sp³-hybridized carbons (Fsp3) is 1.00. The Bertz CT molecular complexity index is 53.7. The second kappa shape index (κ2) is 2.55. The molecule has 7 heavy (non-hydrogen) atoms. The molecule has 0 aromatic heterocycles. The van der Waals surface area contributed by atoms with E-state index in [1.54, 1.807) is 0 Å². The number of hydrogen-bond acceptors (Lipinski definition) is 2. The Morgan fingerprint density at radius 3 is 2.86 bits per heavy atom. The highest BCUT2D eigenvalue weighted by molar-refractivity contribution is 7.80. The van der Waals surface area contributed by atoms with E-state index in [1.807, 2.05) is 0 Å². The molecule has 1 radical (unpaired) electrons. The summed E-state index contributed by atoms with van der Waals surface area (Å²) in [6, 6.07) is 0. The molecule has 1 N–H and O–H groups in total. The van der Waals surface area contributed by atoms with Gasteiger partial charge < -0.3 is 10.1 Å². The van der Waals surface area contributed by atoms with Crippen molar-refractivity contribution in [3.8, 4) is 0 Å². The fourth-order valence-corrected chi connectivity index (χ4v) is 0.755. The Morgan fingerprint density at radius 2 is 2.57 bits per heavy atom. The van der Waals surface area contributed by atoms with Crippen molar-refractivity contribution in [2.24, 2.45) is 0 Å². The maximum atomic E-state index is 5.03. The summed E-state index contributed by atoms with van der Waals surface area (Å²) < 4.78 is 5.03. The first-order valence-electron chi connectivity index (χ1n) is 2.38. The highest BCUT2D eigenvalue weighted by Crippen LogP contribution is 1.97. The fourth-order valence-electron chi connectivity index (χ4n) is 0.541. The first-order valence-corrected chi connectivity index (χ1v) is 2.85. The Labute approximate surface area is 48.6 Å². The van der Waals surface area contributed by atoms with E-state index in [2.05, 4.69) is 5.32 Å². The van der Waals surface area contributed by atoms with Gasteiger partial charge in [0, 0.05) is 13.1 Å². The molecule has 0 bridgehead atoms. The molecular weight excluding hydrogens is 110 g/mol. The minimum atomic E-state index is 0.00810. The van der Waals surface area contributed by atoms with Crippen LogP contribution < -0.4 is 5.32 Å². The SMILES string of the molecule is [S]C1CNCCO1. The number of morpholine rings is 1. The van der Waals surface area contributed by atoms with E-state index in [0.717, 1.165) is 19.7 Å². The van der Waals surface area contributed by atoms with Crippen LogP contribution in [0.25, 0.3) is 0 Å². The van der Waals surface area contributed by atoms with Gasteiger partial charge in [0.1, 0.15) is 5.44 Å². The van der Waals surface area contributed by atoms with Crippen LogP contribution in [0, 0.1) is 0 Å². The third-order valence-electron chi connectivity index (χ3n) is 0.894. The van der Waals surface area contributed by atoms with Gasteiger partial charge in [0.2, 0.25) is 0 Å². The molecule has 1 fully saturated rings. The summed E-state index contributed by atoms with van der Waals surface area (Å²) >= 11 is 4.80. The molecule has 1 unspecified atom stereocenters. The predicted molar refractivity (Wildman–Crippen MR) is 30.2 cm³/mol. The Kier molecular flexibility index (Phi) is 1.97. The van der Waals surface area contributed by atoms with Crippen LogP contribution in [-0.2, 0) is 4.74 Å². The molecule has 0 saturated carbocycles. The molecule has 1 saturated heterocycles. The molecule has 41 valence electrons. The zero-order chi connectivity index (χ0) is 5.11. The van der Waals surface area contributed by atoms with Crippen molar-refractivity contribution in [2.45, 2.75) is 5.44 Å². The minimum absolute atomic E-state index is 0.00810. The van der Waals surface area contributed by atoms with Crippen molar-refractivity contribution in [1.82, 2.24) is 5.32 Å². The Balaban J connectivity index is 2.12. The van der Waals surface area contributed by atoms with Crippen molar-refractivity contribution in [1.29, 1.82) is 0 Å². The van der Waals surface area contributed by atoms with Gasteiger partial charge in [0.25, 0.3) is 0 Å². The van der Waals surface area contributed by atoms with Gasteiger partial charge in [-0.25, -0.2) is 0 Å². The highest BCUT2D eigenvalue weighted by atomic mass is 32.1. The summed E-state index contributed by atoms with van der Waals surface area (Å²) in [5.74, 6) is 0. The molecular formula is C4H8NOS. The average molecular weight is 118 g/mol. The van der Waals surface area contributed by atoms with E-state index in [4.69, 9.17) is 17.4 Å². The minimum Gasteiger partial charge on any atom is -0.364 e. The topological polar surface area (TPSA) is 21.3 Å². The molecule has 1 atom stereocenters. The molecule has 3 heteroatoms. The van der Waals surface area contributed by atoms with Gasteiger partial charge >= 0.3 is 0 Å². The van der Waals surface area contributed by atoms with E-state index >= 15 is 0 Å². The van der Waals surface area contributed by atoms with Gasteiger partial charge in [-0.05, 0) is 0 Å². The first-order chi connectivity index (χ1) is 3.39. The predicted octanol–water partition coefficient (Wildman–Crippen LogP) is 0.130. The van der Waals surface area contributed by atoms with Crippen molar-refractivity contribution in [3.63, 3.8) is 0 Å². The second-order valence-electron chi connectivity index (χ2n) is 1.50. The van der Waals surface area contributed by atoms with Gasteiger partial charge in [-0.1, -0.05) is 12.6 Å². The summed E-state index contributed by atoms with van der Waals surface area (Å²) in [6.07, 6.45) is 0. The third kappa shape index (κ3) is 1.67. The van der Waals surface area contributed by atoms with Gasteiger partial charge in [-0.2, -0.15) is 0 Å². The molecule has 1 aliphatic rings. The van der Waals surface area contributed by atoms with E-state index in [-0.39, 0.29) is 5.44 Å². The van der Waals surface area contributed by atoms with Crippen LogP contribution in [0.2, 0.25) is 0 Å². The van der Waals surface area contributed by atoms with Crippen LogP contribution in [0.3, 0.4) is 0 Å². The molecule has 1 aliphatic heterocycles. The summed E-state index contributed by atoms with van der Waals surface area (Å²) in [5, 5.41) is 3.11. The van der Waals surface area contributed by atoms with Crippen molar-refractivity contribution >= 4 is 12.6 Å². The van der Waals surface area contributed by atoms with Crippen LogP contribution in [-0.4, -0.2) is 25.1 Å². The summed E-state index contributed by atoms with van der Waals surface area (Å²) in [7, 11) is 0. The molecule has 1 rings (SSSR count). The quantitative estimate of drug-likeness (QED) is 0.488. The zero-order valence-corrected chi connectivity index (χ0v) is 4.83. The van der Waals surface area contributed by atoms with Crippen LogP contribution in [0.5, 0.6) is 0 Å². The van der Waals surface area contributed by atoms with Crippen molar-refractivity contribution in [2.75, 3.05) is 19.7 Å². The largest absolute Gasteiger partial charge is 0.364 e. The maximum Gasteiger partial charge on any atom is 0.125 e. The number of nitrogens with one attached hydrogen (secondary N) is 1. The number of ether oxygens (including phenoxy) is 1. The molecule has 1 heterocycles. The zero-order valence-electron chi connectivity index (χ0n) is 4.02. The highest BCUT2D eigenvalue weighted by Gasteiger charge is 2.06. The average Bonchev–Trinajstić information content (AvgIpc) is 1.69. The van der Waals surface area contributed by atoms with Crippen molar-refractivity contribution < 1.29 is 4.74 Å². The van der Waals surface area contributed by atoms with Gasteiger partial charge in [-0.3, -0.25) is 0 Å². The molecule has 2 nitrogen and oxygen atoms in total. The second-order valence-corrected chi connectivity index (χ2v) is 2.03. The monoisotopic (exact) mass is 118 g/mol. The van der Waals surface area contributed by atoms with E-state index < -0.39 is 0 Å². The smallest absolute Gasteiger partial charge is 0.125 e. The van der Waals surface area contributed by atoms with Gasteiger partial charge in [0.15, 0.2) is 0 Å². The molecule has 0 spiro atoms. The van der Waals surface area contributed by atoms with E-state index in [0.29, 0.717) is 0 Å². The van der Waals surface area contributed by atoms with Crippen LogP contribution in [0.15, 0.2) is 0 Å². The maximum absolute atomic E-state index is 5.03. The summed E-state index contributed by atoms with van der Waals surface area (Å²) in [6.45, 7) is 2.55. The van der Waals surface area contributed by atoms with Crippen LogP contribution in [0.4, 0.5) is 0 Å². The number of rotatable bonds is 0. The van der Waals surface area contributed by atoms with Gasteiger partial charge in [-0.15, -0.1) is 0 Å².